The van der Waals surface area contributed by atoms with Crippen LogP contribution >= 0.6 is 0 Å². The molecule has 0 aliphatic rings. The summed E-state index contributed by atoms with van der Waals surface area (Å²) in [6, 6.07) is 8.01. The van der Waals surface area contributed by atoms with Crippen molar-refractivity contribution in [2.45, 2.75) is 0 Å². The first-order chi connectivity index (χ1) is 11.9. The van der Waals surface area contributed by atoms with Crippen LogP contribution in [-0.2, 0) is 7.05 Å². The lowest BCUT2D eigenvalue weighted by Crippen LogP contribution is -2.30. The van der Waals surface area contributed by atoms with E-state index in [4.69, 9.17) is 4.98 Å². The summed E-state index contributed by atoms with van der Waals surface area (Å²) in [6.07, 6.45) is 1.73. The van der Waals surface area contributed by atoms with E-state index >= 15 is 0 Å². The molecule has 1 aromatic carbocycles. The minimum absolute atomic E-state index is 0.146. The number of rotatable bonds is 1. The SMILES string of the molecule is CN(C)C(=O)n1c(N(C)C)nc2c3c4ccccc4n(C)c3ncc21. The van der Waals surface area contributed by atoms with Gasteiger partial charge < -0.3 is 14.4 Å². The summed E-state index contributed by atoms with van der Waals surface area (Å²) in [5.41, 5.74) is 3.46. The molecule has 4 aromatic rings. The van der Waals surface area contributed by atoms with Crippen LogP contribution in [-0.4, -0.2) is 58.2 Å². The fourth-order valence-electron chi connectivity index (χ4n) is 3.30. The topological polar surface area (TPSA) is 59.2 Å². The molecule has 128 valence electrons. The molecule has 0 radical (unpaired) electrons. The molecule has 0 fully saturated rings. The smallest absolute Gasteiger partial charge is 0.331 e. The highest BCUT2D eigenvalue weighted by Crippen LogP contribution is 2.34. The summed E-state index contributed by atoms with van der Waals surface area (Å²) >= 11 is 0. The van der Waals surface area contributed by atoms with Crippen molar-refractivity contribution in [2.75, 3.05) is 33.1 Å². The zero-order chi connectivity index (χ0) is 17.9. The maximum absolute atomic E-state index is 12.7. The number of amides is 1. The molecule has 7 nitrogen and oxygen atoms in total. The van der Waals surface area contributed by atoms with Gasteiger partial charge in [0, 0.05) is 40.6 Å². The number of para-hydroxylation sites is 1. The molecule has 0 unspecified atom stereocenters. The van der Waals surface area contributed by atoms with E-state index in [0.717, 1.165) is 27.5 Å². The molecule has 3 aromatic heterocycles. The van der Waals surface area contributed by atoms with E-state index in [1.165, 1.54) is 0 Å². The molecule has 0 bridgehead atoms. The van der Waals surface area contributed by atoms with Crippen LogP contribution in [0.1, 0.15) is 0 Å². The number of imidazole rings is 1. The summed E-state index contributed by atoms with van der Waals surface area (Å²) in [4.78, 5) is 25.6. The van der Waals surface area contributed by atoms with Crippen molar-refractivity contribution in [1.29, 1.82) is 0 Å². The van der Waals surface area contributed by atoms with Gasteiger partial charge in [-0.05, 0) is 6.07 Å². The van der Waals surface area contributed by atoms with Crippen LogP contribution in [0.5, 0.6) is 0 Å². The van der Waals surface area contributed by atoms with Crippen molar-refractivity contribution >= 4 is 44.9 Å². The molecular weight excluding hydrogens is 316 g/mol. The van der Waals surface area contributed by atoms with E-state index in [2.05, 4.69) is 21.7 Å². The third kappa shape index (κ3) is 2.02. The minimum atomic E-state index is -0.146. The van der Waals surface area contributed by atoms with Crippen LogP contribution < -0.4 is 4.90 Å². The van der Waals surface area contributed by atoms with Gasteiger partial charge in [-0.3, -0.25) is 0 Å². The molecule has 25 heavy (non-hydrogen) atoms. The van der Waals surface area contributed by atoms with E-state index in [-0.39, 0.29) is 6.03 Å². The quantitative estimate of drug-likeness (QED) is 0.536. The third-order valence-electron chi connectivity index (χ3n) is 4.49. The number of aromatic nitrogens is 4. The first-order valence-electron chi connectivity index (χ1n) is 8.05. The minimum Gasteiger partial charge on any atom is -0.348 e. The van der Waals surface area contributed by atoms with E-state index in [0.29, 0.717) is 11.5 Å². The van der Waals surface area contributed by atoms with E-state index in [9.17, 15) is 4.79 Å². The van der Waals surface area contributed by atoms with Crippen LogP contribution in [0.4, 0.5) is 10.7 Å². The van der Waals surface area contributed by atoms with Gasteiger partial charge in [-0.15, -0.1) is 0 Å². The third-order valence-corrected chi connectivity index (χ3v) is 4.49. The van der Waals surface area contributed by atoms with Crippen molar-refractivity contribution in [1.82, 2.24) is 24.0 Å². The average Bonchev–Trinajstić information content (AvgIpc) is 3.11. The molecule has 0 spiro atoms. The van der Waals surface area contributed by atoms with Gasteiger partial charge in [-0.2, -0.15) is 0 Å². The second-order valence-electron chi connectivity index (χ2n) is 6.59. The predicted octanol–water partition coefficient (Wildman–Crippen LogP) is 2.67. The van der Waals surface area contributed by atoms with Crippen LogP contribution in [0.15, 0.2) is 30.5 Å². The first kappa shape index (κ1) is 15.4. The zero-order valence-corrected chi connectivity index (χ0v) is 15.0. The Hall–Kier alpha value is -3.09. The largest absolute Gasteiger partial charge is 0.348 e. The number of nitrogens with zero attached hydrogens (tertiary/aromatic N) is 6. The molecule has 7 heteroatoms. The lowest BCUT2D eigenvalue weighted by Gasteiger charge is -2.17. The molecule has 1 amide bonds. The van der Waals surface area contributed by atoms with Crippen molar-refractivity contribution in [3.05, 3.63) is 30.5 Å². The van der Waals surface area contributed by atoms with Gasteiger partial charge in [0.1, 0.15) is 11.2 Å². The standard InChI is InChI=1S/C18H20N6O/c1-21(2)17-20-15-13(24(17)18(25)22(3)4)10-19-16-14(15)11-8-6-7-9-12(11)23(16)5/h6-10H,1-5H3. The van der Waals surface area contributed by atoms with E-state index < -0.39 is 0 Å². The number of carbonyl (C=O) groups excluding carboxylic acids is 1. The Balaban J connectivity index is 2.21. The average molecular weight is 336 g/mol. The fraction of sp³-hybridized carbons (Fsp3) is 0.278. The molecule has 4 rings (SSSR count). The number of anilines is 1. The molecule has 0 saturated carbocycles. The van der Waals surface area contributed by atoms with Crippen LogP contribution in [0, 0.1) is 0 Å². The Labute approximate surface area is 145 Å². The zero-order valence-electron chi connectivity index (χ0n) is 15.0. The molecular formula is C18H20N6O. The number of benzene rings is 1. The highest BCUT2D eigenvalue weighted by molar-refractivity contribution is 6.18. The van der Waals surface area contributed by atoms with Crippen molar-refractivity contribution in [3.8, 4) is 0 Å². The number of hydrogen-bond acceptors (Lipinski definition) is 4. The normalized spacial score (nSPS) is 11.6. The Morgan fingerprint density at radius 2 is 1.80 bits per heavy atom. The van der Waals surface area contributed by atoms with Crippen LogP contribution in [0.3, 0.4) is 0 Å². The summed E-state index contributed by atoms with van der Waals surface area (Å²) in [6.45, 7) is 0. The highest BCUT2D eigenvalue weighted by Gasteiger charge is 2.23. The highest BCUT2D eigenvalue weighted by atomic mass is 16.2. The molecule has 0 aliphatic carbocycles. The van der Waals surface area contributed by atoms with Crippen molar-refractivity contribution < 1.29 is 4.79 Å². The van der Waals surface area contributed by atoms with Gasteiger partial charge >= 0.3 is 6.03 Å². The van der Waals surface area contributed by atoms with Crippen LogP contribution in [0.25, 0.3) is 33.0 Å². The maximum Gasteiger partial charge on any atom is 0.331 e. The van der Waals surface area contributed by atoms with Crippen LogP contribution in [0.2, 0.25) is 0 Å². The predicted molar refractivity (Wildman–Crippen MR) is 100 cm³/mol. The number of carbonyl (C=O) groups is 1. The molecule has 0 N–H and O–H groups in total. The van der Waals surface area contributed by atoms with Gasteiger partial charge in [-0.25, -0.2) is 19.3 Å². The van der Waals surface area contributed by atoms with Crippen molar-refractivity contribution in [2.24, 2.45) is 7.05 Å². The van der Waals surface area contributed by atoms with E-state index in [1.54, 1.807) is 29.8 Å². The van der Waals surface area contributed by atoms with Gasteiger partial charge in [-0.1, -0.05) is 18.2 Å². The van der Waals surface area contributed by atoms with Gasteiger partial charge in [0.25, 0.3) is 0 Å². The number of pyridine rings is 1. The summed E-state index contributed by atoms with van der Waals surface area (Å²) in [5, 5.41) is 2.06. The molecule has 3 heterocycles. The summed E-state index contributed by atoms with van der Waals surface area (Å²) in [7, 11) is 9.23. The maximum atomic E-state index is 12.7. The molecule has 0 atom stereocenters. The Morgan fingerprint density at radius 1 is 1.08 bits per heavy atom. The fourth-order valence-corrected chi connectivity index (χ4v) is 3.30. The summed E-state index contributed by atoms with van der Waals surface area (Å²) < 4.78 is 3.68. The molecule has 0 aliphatic heterocycles. The number of aryl methyl sites for hydroxylation is 1. The lowest BCUT2D eigenvalue weighted by atomic mass is 10.2. The number of hydrogen-bond donors (Lipinski definition) is 0. The first-order valence-corrected chi connectivity index (χ1v) is 8.05. The summed E-state index contributed by atoms with van der Waals surface area (Å²) in [5.74, 6) is 0.593. The Morgan fingerprint density at radius 3 is 2.48 bits per heavy atom. The molecule has 0 saturated heterocycles. The Bertz CT molecular complexity index is 1140. The van der Waals surface area contributed by atoms with Gasteiger partial charge in [0.05, 0.1) is 22.6 Å². The van der Waals surface area contributed by atoms with Crippen molar-refractivity contribution in [3.63, 3.8) is 0 Å². The van der Waals surface area contributed by atoms with Gasteiger partial charge in [0.15, 0.2) is 0 Å². The Kier molecular flexibility index (Phi) is 3.21. The number of fused-ring (bicyclic) bond motifs is 5. The second kappa shape index (κ2) is 5.20. The monoisotopic (exact) mass is 336 g/mol. The second-order valence-corrected chi connectivity index (χ2v) is 6.59. The van der Waals surface area contributed by atoms with Gasteiger partial charge in [0.2, 0.25) is 5.95 Å². The lowest BCUT2D eigenvalue weighted by molar-refractivity contribution is 0.220. The van der Waals surface area contributed by atoms with E-state index in [1.807, 2.05) is 38.2 Å².